The molecular formula is C16H19N3O4S. The molecule has 0 amide bonds. The highest BCUT2D eigenvalue weighted by molar-refractivity contribution is 7.91. The first kappa shape index (κ1) is 16.7. The van der Waals surface area contributed by atoms with Crippen LogP contribution in [0.2, 0.25) is 0 Å². The Hall–Kier alpha value is -2.19. The zero-order chi connectivity index (χ0) is 17.2. The number of rotatable bonds is 6. The van der Waals surface area contributed by atoms with Crippen LogP contribution in [0.25, 0.3) is 0 Å². The van der Waals surface area contributed by atoms with E-state index in [2.05, 4.69) is 9.88 Å². The average molecular weight is 349 g/mol. The number of aromatic amines is 1. The molecular weight excluding hydrogens is 330 g/mol. The third-order valence-corrected chi connectivity index (χ3v) is 6.11. The number of hydrogen-bond acceptors (Lipinski definition) is 5. The fraction of sp³-hybridized carbons (Fsp3) is 0.375. The van der Waals surface area contributed by atoms with Gasteiger partial charge in [0.05, 0.1) is 15.6 Å². The van der Waals surface area contributed by atoms with Crippen LogP contribution in [0.3, 0.4) is 0 Å². The summed E-state index contributed by atoms with van der Waals surface area (Å²) in [6, 6.07) is 9.26. The van der Waals surface area contributed by atoms with Gasteiger partial charge in [0.2, 0.25) is 0 Å². The van der Waals surface area contributed by atoms with Gasteiger partial charge < -0.3 is 4.98 Å². The second-order valence-electron chi connectivity index (χ2n) is 5.89. The molecule has 1 atom stereocenters. The van der Waals surface area contributed by atoms with Crippen molar-refractivity contribution in [3.63, 3.8) is 0 Å². The second kappa shape index (κ2) is 6.74. The minimum atomic E-state index is -3.46. The van der Waals surface area contributed by atoms with Crippen LogP contribution in [0.4, 0.5) is 5.69 Å². The minimum Gasteiger partial charge on any atom is -0.364 e. The molecule has 1 N–H and O–H groups in total. The first-order valence-corrected chi connectivity index (χ1v) is 9.47. The van der Waals surface area contributed by atoms with E-state index < -0.39 is 14.8 Å². The van der Waals surface area contributed by atoms with Gasteiger partial charge in [-0.2, -0.15) is 0 Å². The van der Waals surface area contributed by atoms with Crippen molar-refractivity contribution in [2.24, 2.45) is 0 Å². The molecule has 2 heterocycles. The van der Waals surface area contributed by atoms with E-state index in [-0.39, 0.29) is 22.4 Å². The summed E-state index contributed by atoms with van der Waals surface area (Å²) >= 11 is 0. The molecule has 1 aromatic heterocycles. The predicted molar refractivity (Wildman–Crippen MR) is 89.5 cm³/mol. The van der Waals surface area contributed by atoms with Crippen molar-refractivity contribution in [3.05, 3.63) is 58.4 Å². The van der Waals surface area contributed by atoms with Gasteiger partial charge in [0.1, 0.15) is 0 Å². The molecule has 2 aromatic rings. The van der Waals surface area contributed by atoms with Crippen LogP contribution in [0, 0.1) is 10.1 Å². The van der Waals surface area contributed by atoms with E-state index in [0.717, 1.165) is 25.1 Å². The van der Waals surface area contributed by atoms with Crippen LogP contribution in [0.15, 0.2) is 47.5 Å². The zero-order valence-corrected chi connectivity index (χ0v) is 13.9. The van der Waals surface area contributed by atoms with E-state index in [1.165, 1.54) is 24.3 Å². The monoisotopic (exact) mass is 349 g/mol. The standard InChI is InChI=1S/C16H19N3O4S/c20-19(21)13-5-7-14(8-6-13)24(22,23)12-11-18-10-2-4-16(18)15-3-1-9-17-15/h1,3,5-9,16-17H,2,4,10-12H2. The predicted octanol–water partition coefficient (Wildman–Crippen LogP) is 2.53. The number of hydrogen-bond donors (Lipinski definition) is 1. The Morgan fingerprint density at radius 3 is 2.62 bits per heavy atom. The van der Waals surface area contributed by atoms with Crippen molar-refractivity contribution >= 4 is 15.5 Å². The van der Waals surface area contributed by atoms with Crippen LogP contribution < -0.4 is 0 Å². The molecule has 0 spiro atoms. The summed E-state index contributed by atoms with van der Waals surface area (Å²) in [6.07, 6.45) is 3.93. The summed E-state index contributed by atoms with van der Waals surface area (Å²) in [5, 5.41) is 10.7. The molecule has 8 heteroatoms. The van der Waals surface area contributed by atoms with Gasteiger partial charge in [-0.25, -0.2) is 8.42 Å². The number of nitro groups is 1. The average Bonchev–Trinajstić information content (AvgIpc) is 3.24. The number of non-ortho nitro benzene ring substituents is 1. The Morgan fingerprint density at radius 1 is 1.25 bits per heavy atom. The third kappa shape index (κ3) is 3.49. The molecule has 1 saturated heterocycles. The van der Waals surface area contributed by atoms with Crippen LogP contribution >= 0.6 is 0 Å². The summed E-state index contributed by atoms with van der Waals surface area (Å²) in [7, 11) is -3.46. The van der Waals surface area contributed by atoms with E-state index in [1.807, 2.05) is 18.3 Å². The van der Waals surface area contributed by atoms with E-state index >= 15 is 0 Å². The normalized spacial score (nSPS) is 18.8. The number of nitrogens with zero attached hydrogens (tertiary/aromatic N) is 2. The SMILES string of the molecule is O=[N+]([O-])c1ccc(S(=O)(=O)CCN2CCCC2c2ccc[nH]2)cc1. The van der Waals surface area contributed by atoms with Gasteiger partial charge in [-0.1, -0.05) is 0 Å². The van der Waals surface area contributed by atoms with E-state index in [0.29, 0.717) is 6.54 Å². The molecule has 1 aliphatic rings. The zero-order valence-electron chi connectivity index (χ0n) is 13.1. The number of H-pyrrole nitrogens is 1. The maximum absolute atomic E-state index is 12.5. The van der Waals surface area contributed by atoms with Crippen molar-refractivity contribution < 1.29 is 13.3 Å². The Morgan fingerprint density at radius 2 is 2.00 bits per heavy atom. The maximum Gasteiger partial charge on any atom is 0.269 e. The number of likely N-dealkylation sites (tertiary alicyclic amines) is 1. The van der Waals surface area contributed by atoms with Gasteiger partial charge in [-0.15, -0.1) is 0 Å². The number of nitro benzene ring substituents is 1. The smallest absolute Gasteiger partial charge is 0.269 e. The van der Waals surface area contributed by atoms with E-state index in [9.17, 15) is 18.5 Å². The lowest BCUT2D eigenvalue weighted by Gasteiger charge is -2.23. The first-order valence-electron chi connectivity index (χ1n) is 7.82. The number of sulfone groups is 1. The molecule has 24 heavy (non-hydrogen) atoms. The van der Waals surface area contributed by atoms with Crippen LogP contribution in [0.5, 0.6) is 0 Å². The highest BCUT2D eigenvalue weighted by Gasteiger charge is 2.28. The molecule has 128 valence electrons. The molecule has 3 rings (SSSR count). The van der Waals surface area contributed by atoms with E-state index in [1.54, 1.807) is 0 Å². The molecule has 1 aliphatic heterocycles. The fourth-order valence-corrected chi connectivity index (χ4v) is 4.39. The Bertz CT molecular complexity index is 800. The van der Waals surface area contributed by atoms with Gasteiger partial charge in [-0.05, 0) is 43.7 Å². The van der Waals surface area contributed by atoms with Gasteiger partial charge in [0, 0.05) is 36.6 Å². The molecule has 0 radical (unpaired) electrons. The lowest BCUT2D eigenvalue weighted by Crippen LogP contribution is -2.29. The van der Waals surface area contributed by atoms with Gasteiger partial charge in [0.15, 0.2) is 9.84 Å². The molecule has 0 aliphatic carbocycles. The van der Waals surface area contributed by atoms with Crippen LogP contribution in [-0.2, 0) is 9.84 Å². The molecule has 7 nitrogen and oxygen atoms in total. The second-order valence-corrected chi connectivity index (χ2v) is 8.00. The summed E-state index contributed by atoms with van der Waals surface area (Å²) in [5.41, 5.74) is 1.00. The number of aromatic nitrogens is 1. The van der Waals surface area contributed by atoms with Crippen molar-refractivity contribution in [2.75, 3.05) is 18.8 Å². The van der Waals surface area contributed by atoms with Crippen molar-refractivity contribution in [2.45, 2.75) is 23.8 Å². The third-order valence-electron chi connectivity index (χ3n) is 4.40. The van der Waals surface area contributed by atoms with Gasteiger partial charge >= 0.3 is 0 Å². The molecule has 1 aromatic carbocycles. The maximum atomic E-state index is 12.5. The Balaban J connectivity index is 1.67. The Kier molecular flexibility index (Phi) is 4.68. The quantitative estimate of drug-likeness (QED) is 0.638. The fourth-order valence-electron chi connectivity index (χ4n) is 3.13. The lowest BCUT2D eigenvalue weighted by molar-refractivity contribution is -0.384. The van der Waals surface area contributed by atoms with Gasteiger partial charge in [-0.3, -0.25) is 15.0 Å². The lowest BCUT2D eigenvalue weighted by atomic mass is 10.1. The van der Waals surface area contributed by atoms with Crippen LogP contribution in [0.1, 0.15) is 24.6 Å². The largest absolute Gasteiger partial charge is 0.364 e. The molecule has 0 bridgehead atoms. The van der Waals surface area contributed by atoms with Crippen molar-refractivity contribution in [3.8, 4) is 0 Å². The topological polar surface area (TPSA) is 96.3 Å². The summed E-state index contributed by atoms with van der Waals surface area (Å²) in [4.78, 5) is 15.6. The minimum absolute atomic E-state index is 0.00200. The molecule has 1 unspecified atom stereocenters. The van der Waals surface area contributed by atoms with E-state index in [4.69, 9.17) is 0 Å². The number of nitrogens with one attached hydrogen (secondary N) is 1. The summed E-state index contributed by atoms with van der Waals surface area (Å²) in [6.45, 7) is 1.32. The summed E-state index contributed by atoms with van der Waals surface area (Å²) < 4.78 is 24.9. The summed E-state index contributed by atoms with van der Waals surface area (Å²) in [5.74, 6) is 0.00200. The first-order chi connectivity index (χ1) is 11.5. The Labute approximate surface area is 140 Å². The van der Waals surface area contributed by atoms with Crippen molar-refractivity contribution in [1.82, 2.24) is 9.88 Å². The van der Waals surface area contributed by atoms with Gasteiger partial charge in [0.25, 0.3) is 5.69 Å². The molecule has 1 fully saturated rings. The van der Waals surface area contributed by atoms with Crippen LogP contribution in [-0.4, -0.2) is 42.1 Å². The highest BCUT2D eigenvalue weighted by Crippen LogP contribution is 2.30. The number of benzene rings is 1. The highest BCUT2D eigenvalue weighted by atomic mass is 32.2. The van der Waals surface area contributed by atoms with Crippen molar-refractivity contribution in [1.29, 1.82) is 0 Å². The molecule has 0 saturated carbocycles.